The number of hydrogen-bond donors (Lipinski definition) is 0. The summed E-state index contributed by atoms with van der Waals surface area (Å²) in [4.78, 5) is 0. The van der Waals surface area contributed by atoms with Crippen LogP contribution in [0.3, 0.4) is 0 Å². The summed E-state index contributed by atoms with van der Waals surface area (Å²) in [5.41, 5.74) is 0. The molecule has 0 unspecified atom stereocenters. The van der Waals surface area contributed by atoms with E-state index in [1.165, 1.54) is 0 Å². The van der Waals surface area contributed by atoms with Crippen LogP contribution in [-0.4, -0.2) is 46.2 Å². The molecule has 0 fully saturated rings. The average Bonchev–Trinajstić information content (AvgIpc) is 1.25. The smallest absolute Gasteiger partial charge is 0.379 e. The van der Waals surface area contributed by atoms with Gasteiger partial charge in [-0.05, 0) is 0 Å². The predicted molar refractivity (Wildman–Crippen MR) is 72.0 cm³/mol. The third-order valence-electron chi connectivity index (χ3n) is 0. The minimum Gasteiger partial charge on any atom is -0.412 e. The van der Waals surface area contributed by atoms with Crippen molar-refractivity contribution in [3.8, 4) is 0 Å². The molecule has 0 aromatic rings. The fourth-order valence-electron chi connectivity index (χ4n) is 0. The van der Waals surface area contributed by atoms with Crippen LogP contribution in [0.15, 0.2) is 0 Å². The maximum Gasteiger partial charge on any atom is 0.379 e. The summed E-state index contributed by atoms with van der Waals surface area (Å²) in [5.74, 6) is 0. The summed E-state index contributed by atoms with van der Waals surface area (Å²) in [6, 6.07) is 0. The van der Waals surface area contributed by atoms with Crippen LogP contribution in [0.5, 0.6) is 0 Å². The molecule has 0 aliphatic rings. The molecule has 0 bridgehead atoms. The van der Waals surface area contributed by atoms with Gasteiger partial charge in [-0.15, -0.1) is 17.0 Å². The highest BCUT2D eigenvalue weighted by Gasteiger charge is 1.86. The van der Waals surface area contributed by atoms with Gasteiger partial charge in [0.2, 0.25) is 0 Å². The van der Waals surface area contributed by atoms with E-state index in [-0.39, 0.29) is 86.2 Å². The van der Waals surface area contributed by atoms with E-state index in [2.05, 4.69) is 0 Å². The molecule has 6 nitrogen and oxygen atoms in total. The zero-order valence-corrected chi connectivity index (χ0v) is 12.4. The summed E-state index contributed by atoms with van der Waals surface area (Å²) in [6.07, 6.45) is 0. The largest absolute Gasteiger partial charge is 0.412 e. The molecule has 12 N–H and O–H groups in total. The first-order chi connectivity index (χ1) is 3.46. The Morgan fingerprint density at radius 2 is 0.421 bits per heavy atom. The molecule has 0 spiro atoms. The summed E-state index contributed by atoms with van der Waals surface area (Å²) >= 11 is 0. The van der Waals surface area contributed by atoms with Crippen LogP contribution in [0.1, 0.15) is 0 Å². The normalized spacial score (nSPS) is 3.79. The second-order valence-corrected chi connectivity index (χ2v) is 0.495. The Hall–Kier alpha value is 0.380. The molecule has 0 aliphatic heterocycles. The van der Waals surface area contributed by atoms with Gasteiger partial charge in [0.15, 0.2) is 0 Å². The van der Waals surface area contributed by atoms with Crippen molar-refractivity contribution in [2.75, 3.05) is 0 Å². The van der Waals surface area contributed by atoms with Crippen molar-refractivity contribution in [1.82, 2.24) is 0 Å². The lowest BCUT2D eigenvalue weighted by molar-refractivity contribution is 0.00734. The van der Waals surface area contributed by atoms with Crippen molar-refractivity contribution in [3.63, 3.8) is 0 Å². The number of halogens is 9. The molecule has 17 heteroatoms. The van der Waals surface area contributed by atoms with Crippen LogP contribution in [0.4, 0.5) is 35.8 Å². The van der Waals surface area contributed by atoms with Crippen molar-refractivity contribution < 1.29 is 68.6 Å². The van der Waals surface area contributed by atoms with Gasteiger partial charge in [-0.2, -0.15) is 53.3 Å². The Labute approximate surface area is 126 Å². The summed E-state index contributed by atoms with van der Waals surface area (Å²) in [5, 5.41) is 0. The third-order valence-corrected chi connectivity index (χ3v) is 0. The second kappa shape index (κ2) is 136. The topological polar surface area (TPSA) is 189 Å². The van der Waals surface area contributed by atoms with E-state index in [0.29, 0.717) is 0 Å². The van der Waals surface area contributed by atoms with E-state index in [9.17, 15) is 26.3 Å². The fraction of sp³-hybridized carbons (Fsp3) is 1.00. The van der Waals surface area contributed by atoms with Crippen LogP contribution in [0, 0.1) is 0 Å². The highest BCUT2D eigenvalue weighted by atomic mass is 79.9. The minimum atomic E-state index is -3.67. The first kappa shape index (κ1) is 161. The maximum absolute atomic E-state index is 9.67. The van der Waals surface area contributed by atoms with Crippen LogP contribution >= 0.6 is 44.0 Å². The van der Waals surface area contributed by atoms with Gasteiger partial charge in [-0.3, -0.25) is 9.41 Å². The number of alkyl halides is 6. The molecule has 0 aliphatic carbocycles. The van der Waals surface area contributed by atoms with Crippen LogP contribution in [0.25, 0.3) is 0 Å². The lowest BCUT2D eigenvalue weighted by atomic mass is 11.6. The van der Waals surface area contributed by atoms with Crippen LogP contribution < -0.4 is 0 Å². The van der Waals surface area contributed by atoms with Crippen molar-refractivity contribution in [2.45, 2.75) is 13.4 Å². The molecule has 0 aromatic heterocycles. The van der Waals surface area contributed by atoms with E-state index in [1.54, 1.807) is 0 Å². The Morgan fingerprint density at radius 1 is 0.421 bits per heavy atom. The third kappa shape index (κ3) is 34200. The predicted octanol–water partition coefficient (Wildman–Crippen LogP) is -1.48. The SMILES string of the molecule is Br.F.F.FC(F)F.FC(F)F.O.O.O.O.O.O.S.S. The molecule has 0 atom stereocenters. The Bertz CT molecular complexity index is 52.7. The molecule has 0 aromatic carbocycles. The first-order valence-electron chi connectivity index (χ1n) is 1.31. The Balaban J connectivity index is -0.00000000218. The van der Waals surface area contributed by atoms with Gasteiger partial charge in [-0.1, -0.05) is 0 Å². The summed E-state index contributed by atoms with van der Waals surface area (Å²) in [6.45, 7) is -7.33. The van der Waals surface area contributed by atoms with E-state index in [4.69, 9.17) is 0 Å². The minimum absolute atomic E-state index is 0. The molecular formula is C2H21BrF8O6S2. The van der Waals surface area contributed by atoms with Gasteiger partial charge in [0.05, 0.1) is 0 Å². The maximum atomic E-state index is 9.67. The summed E-state index contributed by atoms with van der Waals surface area (Å²) < 4.78 is 58.0. The monoisotopic (exact) mass is 436 g/mol. The van der Waals surface area contributed by atoms with Crippen molar-refractivity contribution in [3.05, 3.63) is 0 Å². The molecule has 0 saturated heterocycles. The Kier molecular flexibility index (Phi) is 1150. The lowest BCUT2D eigenvalue weighted by Crippen LogP contribution is -1.65. The number of rotatable bonds is 0. The molecule has 140 valence electrons. The van der Waals surface area contributed by atoms with Crippen LogP contribution in [-0.2, 0) is 0 Å². The molecule has 0 radical (unpaired) electrons. The first-order valence-corrected chi connectivity index (χ1v) is 1.31. The van der Waals surface area contributed by atoms with Gasteiger partial charge in [0.25, 0.3) is 0 Å². The van der Waals surface area contributed by atoms with Crippen molar-refractivity contribution in [1.29, 1.82) is 0 Å². The van der Waals surface area contributed by atoms with E-state index < -0.39 is 13.4 Å². The molecular weight excluding hydrogens is 416 g/mol. The molecule has 0 heterocycles. The Morgan fingerprint density at radius 3 is 0.421 bits per heavy atom. The number of hydrogen-bond acceptors (Lipinski definition) is 0. The lowest BCUT2D eigenvalue weighted by Gasteiger charge is -1.65. The molecule has 0 rings (SSSR count). The van der Waals surface area contributed by atoms with E-state index >= 15 is 0 Å². The van der Waals surface area contributed by atoms with Gasteiger partial charge in [-0.25, -0.2) is 0 Å². The highest BCUT2D eigenvalue weighted by molar-refractivity contribution is 8.93. The van der Waals surface area contributed by atoms with Crippen molar-refractivity contribution >= 4 is 44.0 Å². The standard InChI is InChI=1S/2CHF3.BrH.2FH.6H2O.2H2S/c2*2-1(3)4;;;;;;;;;;;/h2*1H;3*1H;8*1H2. The zero-order chi connectivity index (χ0) is 7.15. The average molecular weight is 437 g/mol. The van der Waals surface area contributed by atoms with Gasteiger partial charge < -0.3 is 32.9 Å². The second-order valence-electron chi connectivity index (χ2n) is 0.495. The quantitative estimate of drug-likeness (QED) is 0.400. The molecule has 0 saturated carbocycles. The van der Waals surface area contributed by atoms with Crippen LogP contribution in [0.2, 0.25) is 0 Å². The summed E-state index contributed by atoms with van der Waals surface area (Å²) in [7, 11) is 0. The van der Waals surface area contributed by atoms with Gasteiger partial charge in [0.1, 0.15) is 0 Å². The van der Waals surface area contributed by atoms with Gasteiger partial charge in [0, 0.05) is 0 Å². The van der Waals surface area contributed by atoms with Crippen molar-refractivity contribution in [2.24, 2.45) is 0 Å². The highest BCUT2D eigenvalue weighted by Crippen LogP contribution is 1.87. The van der Waals surface area contributed by atoms with Gasteiger partial charge >= 0.3 is 13.4 Å². The fourth-order valence-corrected chi connectivity index (χ4v) is 0. The zero-order valence-electron chi connectivity index (χ0n) is 8.65. The van der Waals surface area contributed by atoms with E-state index in [0.717, 1.165) is 0 Å². The van der Waals surface area contributed by atoms with E-state index in [1.807, 2.05) is 0 Å². The molecule has 0 amide bonds. The molecule has 19 heavy (non-hydrogen) atoms.